The fourth-order valence-corrected chi connectivity index (χ4v) is 2.53. The molecule has 3 aromatic rings. The molecule has 0 fully saturated rings. The Morgan fingerprint density at radius 1 is 1.18 bits per heavy atom. The number of urea groups is 1. The highest BCUT2D eigenvalue weighted by Crippen LogP contribution is 2.20. The number of nitrogens with zero attached hydrogens (tertiary/aromatic N) is 2. The quantitative estimate of drug-likeness (QED) is 0.471. The number of carbonyl (C=O) groups is 1. The summed E-state index contributed by atoms with van der Waals surface area (Å²) in [6.45, 7) is 0.284. The number of aromatic nitrogens is 2. The van der Waals surface area contributed by atoms with E-state index in [-0.39, 0.29) is 12.4 Å². The molecule has 0 saturated heterocycles. The van der Waals surface area contributed by atoms with E-state index in [2.05, 4.69) is 25.9 Å². The number of halogens is 1. The van der Waals surface area contributed by atoms with E-state index in [1.54, 1.807) is 48.8 Å². The minimum atomic E-state index is -0.449. The van der Waals surface area contributed by atoms with Crippen LogP contribution in [-0.4, -0.2) is 28.8 Å². The van der Waals surface area contributed by atoms with Crippen molar-refractivity contribution in [2.75, 3.05) is 17.2 Å². The lowest BCUT2D eigenvalue weighted by atomic mass is 10.1. The van der Waals surface area contributed by atoms with Gasteiger partial charge in [0.2, 0.25) is 0 Å². The lowest BCUT2D eigenvalue weighted by Crippen LogP contribution is -2.31. The topological polar surface area (TPSA) is 103 Å². The smallest absolute Gasteiger partial charge is 0.320 e. The molecular formula is C20H19FN6O. The van der Waals surface area contributed by atoms with Crippen molar-refractivity contribution in [2.24, 2.45) is 0 Å². The molecule has 2 aromatic heterocycles. The number of carbonyl (C=O) groups excluding carboxylic acids is 1. The number of pyridine rings is 2. The van der Waals surface area contributed by atoms with Crippen molar-refractivity contribution < 1.29 is 9.18 Å². The summed E-state index contributed by atoms with van der Waals surface area (Å²) < 4.78 is 13.6. The van der Waals surface area contributed by atoms with E-state index in [1.165, 1.54) is 18.5 Å². The standard InChI is InChI=1S/C20H19FN6O/c21-17-4-2-1-3-14(17)5-10-24-20(28)27-19-11-15(12-22)18(13-25-19)26-16-6-8-23-9-7-16/h1-4,6-9,11-13,22H,5,10H2,(H,23,26)(H2,24,25,27,28). The average Bonchev–Trinajstić information content (AvgIpc) is 2.71. The van der Waals surface area contributed by atoms with Crippen molar-refractivity contribution in [3.63, 3.8) is 0 Å². The normalized spacial score (nSPS) is 10.2. The molecule has 0 aliphatic carbocycles. The molecule has 8 heteroatoms. The molecule has 28 heavy (non-hydrogen) atoms. The van der Waals surface area contributed by atoms with Crippen molar-refractivity contribution in [1.82, 2.24) is 15.3 Å². The van der Waals surface area contributed by atoms with E-state index in [1.807, 2.05) is 0 Å². The van der Waals surface area contributed by atoms with Gasteiger partial charge >= 0.3 is 6.03 Å². The number of hydrogen-bond acceptors (Lipinski definition) is 5. The number of nitrogens with one attached hydrogen (secondary N) is 4. The van der Waals surface area contributed by atoms with Crippen LogP contribution >= 0.6 is 0 Å². The lowest BCUT2D eigenvalue weighted by Gasteiger charge is -2.11. The van der Waals surface area contributed by atoms with E-state index >= 15 is 0 Å². The first-order valence-electron chi connectivity index (χ1n) is 8.61. The molecule has 0 radical (unpaired) electrons. The van der Waals surface area contributed by atoms with Crippen molar-refractivity contribution >= 4 is 29.4 Å². The van der Waals surface area contributed by atoms with Gasteiger partial charge in [-0.05, 0) is 36.2 Å². The highest BCUT2D eigenvalue weighted by atomic mass is 19.1. The van der Waals surface area contributed by atoms with Gasteiger partial charge in [0.1, 0.15) is 11.6 Å². The van der Waals surface area contributed by atoms with Gasteiger partial charge < -0.3 is 16.0 Å². The lowest BCUT2D eigenvalue weighted by molar-refractivity contribution is 0.252. The first-order chi connectivity index (χ1) is 13.7. The number of anilines is 3. The summed E-state index contributed by atoms with van der Waals surface area (Å²) >= 11 is 0. The highest BCUT2D eigenvalue weighted by Gasteiger charge is 2.08. The Balaban J connectivity index is 1.57. The fraction of sp³-hybridized carbons (Fsp3) is 0.100. The van der Waals surface area contributed by atoms with E-state index in [4.69, 9.17) is 5.41 Å². The molecular weight excluding hydrogens is 359 g/mol. The van der Waals surface area contributed by atoms with Gasteiger partial charge in [0.05, 0.1) is 11.9 Å². The van der Waals surface area contributed by atoms with Crippen LogP contribution in [0.3, 0.4) is 0 Å². The molecule has 0 bridgehead atoms. The van der Waals surface area contributed by atoms with Crippen LogP contribution in [-0.2, 0) is 6.42 Å². The maximum atomic E-state index is 13.6. The van der Waals surface area contributed by atoms with E-state index in [0.717, 1.165) is 5.69 Å². The Labute approximate surface area is 161 Å². The SMILES string of the molecule is N=Cc1cc(NC(=O)NCCc2ccccc2F)ncc1Nc1ccncc1. The van der Waals surface area contributed by atoms with Gasteiger partial charge in [-0.2, -0.15) is 0 Å². The Morgan fingerprint density at radius 2 is 1.96 bits per heavy atom. The molecule has 0 unspecified atom stereocenters. The summed E-state index contributed by atoms with van der Waals surface area (Å²) in [6.07, 6.45) is 6.40. The van der Waals surface area contributed by atoms with Gasteiger partial charge in [-0.3, -0.25) is 10.3 Å². The van der Waals surface area contributed by atoms with Crippen LogP contribution < -0.4 is 16.0 Å². The first kappa shape index (κ1) is 19.0. The summed E-state index contributed by atoms with van der Waals surface area (Å²) in [6, 6.07) is 11.2. The number of amides is 2. The largest absolute Gasteiger partial charge is 0.354 e. The Bertz CT molecular complexity index is 964. The van der Waals surface area contributed by atoms with Gasteiger partial charge in [-0.15, -0.1) is 0 Å². The maximum absolute atomic E-state index is 13.6. The molecule has 0 atom stereocenters. The zero-order valence-corrected chi connectivity index (χ0v) is 14.9. The third-order valence-corrected chi connectivity index (χ3v) is 3.93. The molecule has 0 aliphatic heterocycles. The minimum Gasteiger partial charge on any atom is -0.354 e. The predicted octanol–water partition coefficient (Wildman–Crippen LogP) is 3.72. The molecule has 7 nitrogen and oxygen atoms in total. The highest BCUT2D eigenvalue weighted by molar-refractivity contribution is 5.92. The Kier molecular flexibility index (Phi) is 6.25. The Morgan fingerprint density at radius 3 is 2.71 bits per heavy atom. The van der Waals surface area contributed by atoms with Gasteiger partial charge in [0.25, 0.3) is 0 Å². The molecule has 0 saturated carbocycles. The van der Waals surface area contributed by atoms with E-state index < -0.39 is 6.03 Å². The van der Waals surface area contributed by atoms with Crippen LogP contribution in [0.2, 0.25) is 0 Å². The zero-order valence-electron chi connectivity index (χ0n) is 14.9. The van der Waals surface area contributed by atoms with E-state index in [0.29, 0.717) is 29.1 Å². The number of rotatable bonds is 7. The molecule has 0 aliphatic rings. The molecule has 1 aromatic carbocycles. The van der Waals surface area contributed by atoms with Crippen LogP contribution in [0, 0.1) is 11.2 Å². The first-order valence-corrected chi connectivity index (χ1v) is 8.61. The van der Waals surface area contributed by atoms with Crippen molar-refractivity contribution in [2.45, 2.75) is 6.42 Å². The predicted molar refractivity (Wildman–Crippen MR) is 107 cm³/mol. The second-order valence-corrected chi connectivity index (χ2v) is 5.88. The maximum Gasteiger partial charge on any atom is 0.320 e. The molecule has 0 spiro atoms. The van der Waals surface area contributed by atoms with Gasteiger partial charge in [-0.25, -0.2) is 14.2 Å². The summed E-state index contributed by atoms with van der Waals surface area (Å²) in [4.78, 5) is 20.2. The molecule has 3 rings (SSSR count). The summed E-state index contributed by atoms with van der Waals surface area (Å²) in [5.74, 6) is 0.0152. The summed E-state index contributed by atoms with van der Waals surface area (Å²) in [5.41, 5.74) is 2.55. The van der Waals surface area contributed by atoms with Crippen LogP contribution in [0.4, 0.5) is 26.4 Å². The van der Waals surface area contributed by atoms with Crippen molar-refractivity contribution in [3.05, 3.63) is 78.0 Å². The summed E-state index contributed by atoms with van der Waals surface area (Å²) in [5, 5.41) is 16.0. The number of benzene rings is 1. The van der Waals surface area contributed by atoms with Crippen LogP contribution in [0.15, 0.2) is 61.1 Å². The monoisotopic (exact) mass is 378 g/mol. The average molecular weight is 378 g/mol. The molecule has 2 heterocycles. The molecule has 142 valence electrons. The number of hydrogen-bond donors (Lipinski definition) is 4. The minimum absolute atomic E-state index is 0.284. The second-order valence-electron chi connectivity index (χ2n) is 5.88. The zero-order chi connectivity index (χ0) is 19.8. The van der Waals surface area contributed by atoms with E-state index in [9.17, 15) is 9.18 Å². The third-order valence-electron chi connectivity index (χ3n) is 3.93. The Hall–Kier alpha value is -3.81. The second kappa shape index (κ2) is 9.22. The molecule has 2 amide bonds. The molecule has 4 N–H and O–H groups in total. The third kappa shape index (κ3) is 5.10. The van der Waals surface area contributed by atoms with Crippen molar-refractivity contribution in [1.29, 1.82) is 5.41 Å². The summed E-state index contributed by atoms with van der Waals surface area (Å²) in [7, 11) is 0. The van der Waals surface area contributed by atoms with Crippen LogP contribution in [0.25, 0.3) is 0 Å². The van der Waals surface area contributed by atoms with Crippen molar-refractivity contribution in [3.8, 4) is 0 Å². The van der Waals surface area contributed by atoms with Gasteiger partial charge in [0.15, 0.2) is 0 Å². The van der Waals surface area contributed by atoms with Gasteiger partial charge in [-0.1, -0.05) is 18.2 Å². The fourth-order valence-electron chi connectivity index (χ4n) is 2.53. The van der Waals surface area contributed by atoms with Gasteiger partial charge in [0, 0.05) is 36.4 Å². The van der Waals surface area contributed by atoms with Crippen LogP contribution in [0.1, 0.15) is 11.1 Å². The van der Waals surface area contributed by atoms with Crippen LogP contribution in [0.5, 0.6) is 0 Å².